The number of carbonyl (C=O) groups is 1. The lowest BCUT2D eigenvalue weighted by atomic mass is 9.91. The minimum atomic E-state index is 0.104. The fourth-order valence-electron chi connectivity index (χ4n) is 7.87. The van der Waals surface area contributed by atoms with Crippen molar-refractivity contribution in [2.24, 2.45) is 0 Å². The first-order valence-corrected chi connectivity index (χ1v) is 18.0. The van der Waals surface area contributed by atoms with Gasteiger partial charge in [0.25, 0.3) is 5.88 Å². The minimum Gasteiger partial charge on any atom is -0.507 e. The number of nitrogen functional groups attached to an aromatic ring is 1. The van der Waals surface area contributed by atoms with Crippen LogP contribution in [0.3, 0.4) is 0 Å². The third-order valence-electron chi connectivity index (χ3n) is 10.6. The SMILES string of the molecule is Nc1nnc(-c2ccccc2O)cc1N1CC2CCC(C1)N2c1ccnc(OC2CC(OC3CCN(CCOc4cc(CC=O)on4)CC3)C2)c1. The van der Waals surface area contributed by atoms with E-state index < -0.39 is 0 Å². The first kappa shape index (κ1) is 33.2. The predicted octanol–water partition coefficient (Wildman–Crippen LogP) is 3.88. The largest absolute Gasteiger partial charge is 0.507 e. The zero-order valence-electron chi connectivity index (χ0n) is 28.5. The number of carbonyl (C=O) groups excluding carboxylic acids is 1. The van der Waals surface area contributed by atoms with Crippen molar-refractivity contribution in [2.75, 3.05) is 54.9 Å². The second kappa shape index (κ2) is 14.7. The highest BCUT2D eigenvalue weighted by Gasteiger charge is 2.41. The molecule has 4 aliphatic rings. The van der Waals surface area contributed by atoms with Gasteiger partial charge in [-0.15, -0.1) is 10.2 Å². The summed E-state index contributed by atoms with van der Waals surface area (Å²) in [6.07, 6.45) is 9.34. The number of pyridine rings is 1. The van der Waals surface area contributed by atoms with Gasteiger partial charge in [0.05, 0.1) is 30.0 Å². The molecule has 3 aromatic heterocycles. The topological polar surface area (TPSA) is 165 Å². The van der Waals surface area contributed by atoms with Crippen LogP contribution >= 0.6 is 0 Å². The normalized spacial score (nSPS) is 23.6. The Kier molecular flexibility index (Phi) is 9.59. The minimum absolute atomic E-state index is 0.104. The van der Waals surface area contributed by atoms with Gasteiger partial charge >= 0.3 is 0 Å². The Hall–Kier alpha value is -4.95. The maximum absolute atomic E-state index is 10.6. The highest BCUT2D eigenvalue weighted by molar-refractivity contribution is 5.74. The molecular weight excluding hydrogens is 652 g/mol. The van der Waals surface area contributed by atoms with Crippen molar-refractivity contribution in [2.45, 2.75) is 75.3 Å². The van der Waals surface area contributed by atoms with Crippen molar-refractivity contribution >= 4 is 23.5 Å². The molecule has 0 amide bonds. The van der Waals surface area contributed by atoms with Crippen LogP contribution in [0, 0.1) is 0 Å². The maximum atomic E-state index is 10.6. The third kappa shape index (κ3) is 7.42. The summed E-state index contributed by atoms with van der Waals surface area (Å²) >= 11 is 0. The third-order valence-corrected chi connectivity index (χ3v) is 10.6. The Bertz CT molecular complexity index is 1800. The van der Waals surface area contributed by atoms with Gasteiger partial charge in [0.15, 0.2) is 5.82 Å². The number of piperidine rings is 1. The highest BCUT2D eigenvalue weighted by Crippen LogP contribution is 2.40. The van der Waals surface area contributed by atoms with Crippen LogP contribution in [0.5, 0.6) is 17.5 Å². The van der Waals surface area contributed by atoms with Crippen LogP contribution in [0.1, 0.15) is 44.3 Å². The summed E-state index contributed by atoms with van der Waals surface area (Å²) in [5.74, 6) is 2.16. The Labute approximate surface area is 296 Å². The molecule has 0 spiro atoms. The van der Waals surface area contributed by atoms with Crippen molar-refractivity contribution in [3.05, 3.63) is 60.5 Å². The first-order chi connectivity index (χ1) is 25.0. The van der Waals surface area contributed by atoms with Gasteiger partial charge in [0.2, 0.25) is 5.88 Å². The fourth-order valence-corrected chi connectivity index (χ4v) is 7.87. The molecule has 4 fully saturated rings. The number of fused-ring (bicyclic) bond motifs is 2. The van der Waals surface area contributed by atoms with Gasteiger partial charge in [-0.25, -0.2) is 4.98 Å². The van der Waals surface area contributed by atoms with Crippen LogP contribution in [0.4, 0.5) is 17.2 Å². The summed E-state index contributed by atoms with van der Waals surface area (Å²) in [6.45, 7) is 4.89. The quantitative estimate of drug-likeness (QED) is 0.193. The number of aromatic hydroxyl groups is 1. The van der Waals surface area contributed by atoms with Gasteiger partial charge in [-0.2, -0.15) is 0 Å². The molecule has 1 aliphatic carbocycles. The molecule has 14 heteroatoms. The van der Waals surface area contributed by atoms with Crippen molar-refractivity contribution < 1.29 is 28.6 Å². The second-order valence-electron chi connectivity index (χ2n) is 13.9. The summed E-state index contributed by atoms with van der Waals surface area (Å²) in [5, 5.41) is 22.7. The molecule has 3 N–H and O–H groups in total. The van der Waals surface area contributed by atoms with E-state index in [4.69, 9.17) is 24.5 Å². The van der Waals surface area contributed by atoms with E-state index in [-0.39, 0.29) is 30.5 Å². The summed E-state index contributed by atoms with van der Waals surface area (Å²) < 4.78 is 23.5. The van der Waals surface area contributed by atoms with Crippen LogP contribution in [-0.2, 0) is 16.0 Å². The molecule has 3 saturated heterocycles. The van der Waals surface area contributed by atoms with Gasteiger partial charge in [-0.1, -0.05) is 12.1 Å². The number of piperazine rings is 1. The molecule has 0 radical (unpaired) electrons. The number of rotatable bonds is 13. The monoisotopic (exact) mass is 696 g/mol. The molecule has 51 heavy (non-hydrogen) atoms. The van der Waals surface area contributed by atoms with E-state index in [0.717, 1.165) is 88.9 Å². The average molecular weight is 697 g/mol. The number of aldehydes is 1. The molecule has 2 bridgehead atoms. The van der Waals surface area contributed by atoms with Crippen LogP contribution in [0.25, 0.3) is 11.3 Å². The van der Waals surface area contributed by atoms with Crippen LogP contribution < -0.4 is 25.0 Å². The van der Waals surface area contributed by atoms with Gasteiger partial charge in [-0.3, -0.25) is 4.90 Å². The molecule has 3 aliphatic heterocycles. The number of nitrogens with zero attached hydrogens (tertiary/aromatic N) is 7. The number of ether oxygens (including phenoxy) is 3. The molecule has 2 atom stereocenters. The molecule has 8 rings (SSSR count). The summed E-state index contributed by atoms with van der Waals surface area (Å²) in [6, 6.07) is 15.6. The van der Waals surface area contributed by atoms with Crippen molar-refractivity contribution in [3.8, 4) is 28.8 Å². The van der Waals surface area contributed by atoms with Gasteiger partial charge in [0.1, 0.15) is 30.5 Å². The number of nitrogens with two attached hydrogens (primary N) is 1. The van der Waals surface area contributed by atoms with E-state index in [1.165, 1.54) is 0 Å². The van der Waals surface area contributed by atoms with Crippen molar-refractivity contribution in [1.82, 2.24) is 25.2 Å². The van der Waals surface area contributed by atoms with E-state index in [9.17, 15) is 9.90 Å². The van der Waals surface area contributed by atoms with E-state index in [1.807, 2.05) is 24.4 Å². The maximum Gasteiger partial charge on any atom is 0.254 e. The van der Waals surface area contributed by atoms with E-state index in [0.29, 0.717) is 53.3 Å². The fraction of sp³-hybridized carbons (Fsp3) is 0.486. The number of anilines is 3. The lowest BCUT2D eigenvalue weighted by Gasteiger charge is -2.43. The van der Waals surface area contributed by atoms with Gasteiger partial charge in [0, 0.05) is 87.2 Å². The smallest absolute Gasteiger partial charge is 0.254 e. The van der Waals surface area contributed by atoms with Crippen molar-refractivity contribution in [3.63, 3.8) is 0 Å². The summed E-state index contributed by atoms with van der Waals surface area (Å²) in [5.41, 5.74) is 9.57. The molecule has 1 aromatic carbocycles. The molecule has 4 aromatic rings. The predicted molar refractivity (Wildman–Crippen MR) is 189 cm³/mol. The number of hydrogen-bond donors (Lipinski definition) is 2. The van der Waals surface area contributed by atoms with Gasteiger partial charge < -0.3 is 44.2 Å². The Balaban J connectivity index is 0.790. The highest BCUT2D eigenvalue weighted by atomic mass is 16.5. The van der Waals surface area contributed by atoms with E-state index >= 15 is 0 Å². The lowest BCUT2D eigenvalue weighted by molar-refractivity contribution is -0.111. The molecule has 268 valence electrons. The van der Waals surface area contributed by atoms with Crippen molar-refractivity contribution in [1.29, 1.82) is 0 Å². The zero-order valence-corrected chi connectivity index (χ0v) is 28.5. The zero-order chi connectivity index (χ0) is 34.7. The molecule has 2 unspecified atom stereocenters. The number of phenolic OH excluding ortho intramolecular Hbond substituents is 1. The van der Waals surface area contributed by atoms with Crippen LogP contribution in [0.2, 0.25) is 0 Å². The Morgan fingerprint density at radius 3 is 2.53 bits per heavy atom. The van der Waals surface area contributed by atoms with Crippen LogP contribution in [0.15, 0.2) is 59.3 Å². The van der Waals surface area contributed by atoms with E-state index in [1.54, 1.807) is 18.2 Å². The van der Waals surface area contributed by atoms with Gasteiger partial charge in [-0.05, 0) is 55.1 Å². The van der Waals surface area contributed by atoms with E-state index in [2.05, 4.69) is 47.2 Å². The number of hydrogen-bond acceptors (Lipinski definition) is 14. The Morgan fingerprint density at radius 1 is 0.941 bits per heavy atom. The lowest BCUT2D eigenvalue weighted by Crippen LogP contribution is -2.54. The summed E-state index contributed by atoms with van der Waals surface area (Å²) in [7, 11) is 0. The first-order valence-electron chi connectivity index (χ1n) is 18.0. The number of phenols is 1. The number of aromatic nitrogens is 4. The Morgan fingerprint density at radius 2 is 1.75 bits per heavy atom. The number of benzene rings is 1. The second-order valence-corrected chi connectivity index (χ2v) is 13.9. The molecular formula is C37H44N8O6. The molecule has 14 nitrogen and oxygen atoms in total. The summed E-state index contributed by atoms with van der Waals surface area (Å²) in [4.78, 5) is 22.4. The standard InChI is InChI=1S/C37H44N8O6/c38-37-33(21-32(40-41-37)31-3-1-2-4-34(31)47)44-22-25-5-6-26(23-44)45(25)24-7-11-39-35(17-24)50-30-18-29(19-30)49-27-8-12-43(13-9-27)14-16-48-36-20-28(10-15-46)51-42-36/h1-4,7,11,15,17,20-21,25-27,29-30,47H,5-6,8-10,12-14,16,18-19,22-23H2,(H2,38,41). The van der Waals surface area contributed by atoms with Crippen LogP contribution in [-0.4, -0.2) is 106 Å². The average Bonchev–Trinajstić information content (AvgIpc) is 3.69. The number of para-hydroxylation sites is 1. The molecule has 6 heterocycles. The number of likely N-dealkylation sites (tertiary alicyclic amines) is 1. The molecule has 1 saturated carbocycles.